The van der Waals surface area contributed by atoms with Crippen molar-refractivity contribution >= 4 is 10.0 Å². The van der Waals surface area contributed by atoms with Gasteiger partial charge in [0.1, 0.15) is 0 Å². The minimum atomic E-state index is -3.49. The summed E-state index contributed by atoms with van der Waals surface area (Å²) in [6, 6.07) is 7.20. The first-order valence-electron chi connectivity index (χ1n) is 7.76. The fraction of sp³-hybridized carbons (Fsp3) is 0.625. The number of nitrogens with zero attached hydrogens (tertiary/aromatic N) is 1. The maximum Gasteiger partial charge on any atom is 0.243 e. The molecule has 1 fully saturated rings. The second-order valence-corrected chi connectivity index (χ2v) is 7.81. The number of nitrogens with two attached hydrogens (primary N) is 1. The highest BCUT2D eigenvalue weighted by molar-refractivity contribution is 7.89. The Balaban J connectivity index is 2.49. The Morgan fingerprint density at radius 3 is 2.38 bits per heavy atom. The summed E-state index contributed by atoms with van der Waals surface area (Å²) in [5.41, 5.74) is 6.41. The Hall–Kier alpha value is -0.910. The van der Waals surface area contributed by atoms with Gasteiger partial charge in [-0.05, 0) is 37.8 Å². The van der Waals surface area contributed by atoms with Gasteiger partial charge >= 0.3 is 0 Å². The van der Waals surface area contributed by atoms with E-state index in [1.54, 1.807) is 16.4 Å². The third kappa shape index (κ3) is 3.00. The average Bonchev–Trinajstić information content (AvgIpc) is 2.94. The largest absolute Gasteiger partial charge is 0.329 e. The van der Waals surface area contributed by atoms with Crippen molar-refractivity contribution in [3.63, 3.8) is 0 Å². The molecule has 0 spiro atoms. The van der Waals surface area contributed by atoms with Crippen LogP contribution in [0.3, 0.4) is 0 Å². The first-order chi connectivity index (χ1) is 9.98. The average molecular weight is 310 g/mol. The van der Waals surface area contributed by atoms with Crippen LogP contribution < -0.4 is 5.73 Å². The molecule has 1 saturated carbocycles. The molecule has 2 N–H and O–H groups in total. The summed E-state index contributed by atoms with van der Waals surface area (Å²) in [6.45, 7) is 4.80. The van der Waals surface area contributed by atoms with Crippen molar-refractivity contribution in [2.24, 2.45) is 5.73 Å². The SMILES string of the molecule is CCCN(C1(CN)CCCC1)S(=O)(=O)c1ccccc1C. The van der Waals surface area contributed by atoms with Crippen LogP contribution in [0.1, 0.15) is 44.6 Å². The highest BCUT2D eigenvalue weighted by Crippen LogP contribution is 2.38. The van der Waals surface area contributed by atoms with Crippen LogP contribution in [-0.4, -0.2) is 31.4 Å². The lowest BCUT2D eigenvalue weighted by atomic mass is 9.98. The van der Waals surface area contributed by atoms with Crippen LogP contribution in [0.5, 0.6) is 0 Å². The molecule has 0 bridgehead atoms. The van der Waals surface area contributed by atoms with E-state index in [2.05, 4.69) is 0 Å². The molecule has 0 saturated heterocycles. The van der Waals surface area contributed by atoms with Gasteiger partial charge in [-0.15, -0.1) is 0 Å². The molecule has 21 heavy (non-hydrogen) atoms. The molecule has 0 atom stereocenters. The first kappa shape index (κ1) is 16.5. The predicted molar refractivity (Wildman–Crippen MR) is 85.6 cm³/mol. The molecule has 0 amide bonds. The molecule has 1 aromatic rings. The van der Waals surface area contributed by atoms with Crippen molar-refractivity contribution in [2.75, 3.05) is 13.1 Å². The van der Waals surface area contributed by atoms with E-state index >= 15 is 0 Å². The van der Waals surface area contributed by atoms with Gasteiger partial charge in [-0.3, -0.25) is 0 Å². The van der Waals surface area contributed by atoms with Crippen molar-refractivity contribution in [1.82, 2.24) is 4.31 Å². The van der Waals surface area contributed by atoms with Crippen molar-refractivity contribution in [3.05, 3.63) is 29.8 Å². The molecule has 1 aliphatic carbocycles. The van der Waals surface area contributed by atoms with Gasteiger partial charge in [0.15, 0.2) is 0 Å². The second-order valence-electron chi connectivity index (χ2n) is 5.98. The van der Waals surface area contributed by atoms with Crippen LogP contribution in [-0.2, 0) is 10.0 Å². The standard InChI is InChI=1S/C16H26N2O2S/c1-3-12-18(16(13-17)10-6-7-11-16)21(19,20)15-9-5-4-8-14(15)2/h4-5,8-9H,3,6-7,10-13,17H2,1-2H3. The van der Waals surface area contributed by atoms with E-state index in [-0.39, 0.29) is 0 Å². The molecule has 0 aromatic heterocycles. The number of hydrogen-bond acceptors (Lipinski definition) is 3. The van der Waals surface area contributed by atoms with Crippen molar-refractivity contribution in [2.45, 2.75) is 56.4 Å². The number of hydrogen-bond donors (Lipinski definition) is 1. The predicted octanol–water partition coefficient (Wildman–Crippen LogP) is 2.67. The molecule has 0 radical (unpaired) electrons. The van der Waals surface area contributed by atoms with E-state index in [1.165, 1.54) is 0 Å². The Morgan fingerprint density at radius 2 is 1.86 bits per heavy atom. The minimum absolute atomic E-state index is 0.392. The third-order valence-electron chi connectivity index (χ3n) is 4.53. The van der Waals surface area contributed by atoms with Crippen LogP contribution in [0, 0.1) is 6.92 Å². The molecular weight excluding hydrogens is 284 g/mol. The molecule has 1 aromatic carbocycles. The van der Waals surface area contributed by atoms with Gasteiger partial charge < -0.3 is 5.73 Å². The quantitative estimate of drug-likeness (QED) is 0.878. The lowest BCUT2D eigenvalue weighted by Gasteiger charge is -2.39. The van der Waals surface area contributed by atoms with Gasteiger partial charge in [0.05, 0.1) is 4.90 Å². The van der Waals surface area contributed by atoms with E-state index in [1.807, 2.05) is 26.0 Å². The zero-order valence-corrected chi connectivity index (χ0v) is 13.8. The van der Waals surface area contributed by atoms with E-state index in [0.29, 0.717) is 18.0 Å². The zero-order chi connectivity index (χ0) is 15.5. The molecule has 0 heterocycles. The summed E-state index contributed by atoms with van der Waals surface area (Å²) >= 11 is 0. The van der Waals surface area contributed by atoms with Gasteiger partial charge in [0, 0.05) is 18.6 Å². The maximum absolute atomic E-state index is 13.2. The molecule has 118 valence electrons. The number of benzene rings is 1. The number of aryl methyl sites for hydroxylation is 1. The highest BCUT2D eigenvalue weighted by Gasteiger charge is 2.44. The Kier molecular flexibility index (Phi) is 5.07. The summed E-state index contributed by atoms with van der Waals surface area (Å²) in [6.07, 6.45) is 4.65. The Bertz CT molecular complexity index is 578. The normalized spacial score (nSPS) is 18.3. The van der Waals surface area contributed by atoms with Gasteiger partial charge in [0.2, 0.25) is 10.0 Å². The highest BCUT2D eigenvalue weighted by atomic mass is 32.2. The molecule has 0 unspecified atom stereocenters. The van der Waals surface area contributed by atoms with Crippen LogP contribution >= 0.6 is 0 Å². The minimum Gasteiger partial charge on any atom is -0.329 e. The second kappa shape index (κ2) is 6.46. The molecule has 5 heteroatoms. The summed E-state index contributed by atoms with van der Waals surface area (Å²) in [5, 5.41) is 0. The maximum atomic E-state index is 13.2. The van der Waals surface area contributed by atoms with Gasteiger partial charge in [-0.25, -0.2) is 8.42 Å². The van der Waals surface area contributed by atoms with Crippen LogP contribution in [0.15, 0.2) is 29.2 Å². The lowest BCUT2D eigenvalue weighted by molar-refractivity contribution is 0.197. The smallest absolute Gasteiger partial charge is 0.243 e. The monoisotopic (exact) mass is 310 g/mol. The molecule has 4 nitrogen and oxygen atoms in total. The fourth-order valence-corrected chi connectivity index (χ4v) is 5.52. The van der Waals surface area contributed by atoms with E-state index in [0.717, 1.165) is 37.7 Å². The summed E-state index contributed by atoms with van der Waals surface area (Å²) in [5.74, 6) is 0. The van der Waals surface area contributed by atoms with E-state index in [9.17, 15) is 8.42 Å². The van der Waals surface area contributed by atoms with Gasteiger partial charge in [0.25, 0.3) is 0 Å². The molecule has 0 aliphatic heterocycles. The van der Waals surface area contributed by atoms with Gasteiger partial charge in [-0.1, -0.05) is 38.0 Å². The number of sulfonamides is 1. The Morgan fingerprint density at radius 1 is 1.24 bits per heavy atom. The lowest BCUT2D eigenvalue weighted by Crippen LogP contribution is -2.54. The zero-order valence-electron chi connectivity index (χ0n) is 13.0. The summed E-state index contributed by atoms with van der Waals surface area (Å²) in [7, 11) is -3.49. The van der Waals surface area contributed by atoms with Crippen molar-refractivity contribution < 1.29 is 8.42 Å². The van der Waals surface area contributed by atoms with Crippen LogP contribution in [0.25, 0.3) is 0 Å². The van der Waals surface area contributed by atoms with Gasteiger partial charge in [-0.2, -0.15) is 4.31 Å². The summed E-state index contributed by atoms with van der Waals surface area (Å²) in [4.78, 5) is 0.415. The first-order valence-corrected chi connectivity index (χ1v) is 9.20. The Labute approximate surface area is 128 Å². The summed E-state index contributed by atoms with van der Waals surface area (Å²) < 4.78 is 28.0. The molecule has 2 rings (SSSR count). The van der Waals surface area contributed by atoms with Crippen molar-refractivity contribution in [3.8, 4) is 0 Å². The topological polar surface area (TPSA) is 63.4 Å². The molecular formula is C16H26N2O2S. The van der Waals surface area contributed by atoms with Crippen molar-refractivity contribution in [1.29, 1.82) is 0 Å². The molecule has 1 aliphatic rings. The number of rotatable bonds is 6. The van der Waals surface area contributed by atoms with Crippen LogP contribution in [0.2, 0.25) is 0 Å². The third-order valence-corrected chi connectivity index (χ3v) is 6.70. The van der Waals surface area contributed by atoms with E-state index in [4.69, 9.17) is 5.73 Å². The van der Waals surface area contributed by atoms with Crippen LogP contribution in [0.4, 0.5) is 0 Å². The van der Waals surface area contributed by atoms with E-state index < -0.39 is 15.6 Å². The fourth-order valence-electron chi connectivity index (χ4n) is 3.37.